The molecule has 0 bridgehead atoms. The van der Waals surface area contributed by atoms with Crippen molar-refractivity contribution in [1.82, 2.24) is 4.98 Å². The van der Waals surface area contributed by atoms with E-state index in [0.29, 0.717) is 22.6 Å². The average molecular weight is 479 g/mol. The quantitative estimate of drug-likeness (QED) is 0.331. The second-order valence-electron chi connectivity index (χ2n) is 7.12. The van der Waals surface area contributed by atoms with Gasteiger partial charge in [-0.15, -0.1) is 0 Å². The van der Waals surface area contributed by atoms with Gasteiger partial charge in [0.2, 0.25) is 0 Å². The number of carbonyl (C=O) groups excluding carboxylic acids is 2. The maximum Gasteiger partial charge on any atom is 0.300 e. The van der Waals surface area contributed by atoms with Crippen LogP contribution in [0.15, 0.2) is 77.0 Å². The summed E-state index contributed by atoms with van der Waals surface area (Å²) < 4.78 is 5.97. The molecule has 1 atom stereocenters. The Kier molecular flexibility index (Phi) is 5.61. The van der Waals surface area contributed by atoms with Crippen LogP contribution in [0.1, 0.15) is 22.7 Å². The number of anilines is 1. The molecule has 1 unspecified atom stereocenters. The van der Waals surface area contributed by atoms with Gasteiger partial charge in [-0.1, -0.05) is 28.1 Å². The van der Waals surface area contributed by atoms with Crippen molar-refractivity contribution < 1.29 is 19.4 Å². The molecule has 1 aliphatic heterocycles. The van der Waals surface area contributed by atoms with E-state index in [1.807, 2.05) is 13.0 Å². The molecule has 1 aliphatic rings. The molecule has 4 rings (SSSR count). The second kappa shape index (κ2) is 8.35. The zero-order chi connectivity index (χ0) is 22.1. The molecule has 1 saturated heterocycles. The van der Waals surface area contributed by atoms with Gasteiger partial charge in [-0.3, -0.25) is 19.5 Å². The first-order chi connectivity index (χ1) is 14.9. The number of nitrogens with zero attached hydrogens (tertiary/aromatic N) is 2. The van der Waals surface area contributed by atoms with Crippen LogP contribution in [0.2, 0.25) is 0 Å². The second-order valence-corrected chi connectivity index (χ2v) is 7.97. The molecule has 2 heterocycles. The number of aromatic nitrogens is 1. The van der Waals surface area contributed by atoms with Crippen molar-refractivity contribution >= 4 is 39.1 Å². The zero-order valence-electron chi connectivity index (χ0n) is 16.9. The first-order valence-corrected chi connectivity index (χ1v) is 10.3. The first-order valence-electron chi connectivity index (χ1n) is 9.54. The van der Waals surface area contributed by atoms with Gasteiger partial charge in [0.25, 0.3) is 11.7 Å². The molecule has 6 nitrogen and oxygen atoms in total. The Balaban J connectivity index is 1.92. The van der Waals surface area contributed by atoms with Crippen molar-refractivity contribution in [3.63, 3.8) is 0 Å². The number of rotatable bonds is 4. The van der Waals surface area contributed by atoms with Crippen molar-refractivity contribution in [3.8, 4) is 5.75 Å². The fraction of sp³-hybridized carbons (Fsp3) is 0.125. The van der Waals surface area contributed by atoms with E-state index >= 15 is 0 Å². The van der Waals surface area contributed by atoms with Crippen molar-refractivity contribution in [2.24, 2.45) is 0 Å². The third-order valence-corrected chi connectivity index (χ3v) is 6.10. The smallest absolute Gasteiger partial charge is 0.300 e. The molecule has 156 valence electrons. The number of aliphatic hydroxyl groups excluding tert-OH is 1. The van der Waals surface area contributed by atoms with Crippen molar-refractivity contribution in [3.05, 3.63) is 93.7 Å². The van der Waals surface area contributed by atoms with Crippen LogP contribution in [0, 0.1) is 6.92 Å². The molecule has 0 radical (unpaired) electrons. The average Bonchev–Trinajstić information content (AvgIpc) is 3.06. The number of carbonyl (C=O) groups is 2. The number of hydrogen-bond acceptors (Lipinski definition) is 5. The van der Waals surface area contributed by atoms with Gasteiger partial charge in [0.15, 0.2) is 0 Å². The third-order valence-electron chi connectivity index (χ3n) is 5.24. The molecule has 1 N–H and O–H groups in total. The predicted molar refractivity (Wildman–Crippen MR) is 121 cm³/mol. The molecule has 0 aliphatic carbocycles. The highest BCUT2D eigenvalue weighted by Crippen LogP contribution is 2.42. The van der Waals surface area contributed by atoms with Gasteiger partial charge in [0, 0.05) is 28.1 Å². The maximum atomic E-state index is 13.1. The summed E-state index contributed by atoms with van der Waals surface area (Å²) in [5.41, 5.74) is 2.59. The maximum absolute atomic E-state index is 13.1. The van der Waals surface area contributed by atoms with Gasteiger partial charge < -0.3 is 9.84 Å². The Hall–Kier alpha value is -3.45. The number of amides is 1. The lowest BCUT2D eigenvalue weighted by molar-refractivity contribution is -0.132. The van der Waals surface area contributed by atoms with E-state index in [0.717, 1.165) is 10.0 Å². The van der Waals surface area contributed by atoms with Crippen LogP contribution in [-0.2, 0) is 9.59 Å². The SMILES string of the molecule is COc1ccc(C(O)=C2C(=O)C(=O)N(c3ccc(C)c(Br)c3)C2c2cccnc2)cc1. The summed E-state index contributed by atoms with van der Waals surface area (Å²) in [6, 6.07) is 14.8. The summed E-state index contributed by atoms with van der Waals surface area (Å²) in [6.07, 6.45) is 3.20. The van der Waals surface area contributed by atoms with E-state index in [1.165, 1.54) is 4.90 Å². The molecule has 0 spiro atoms. The molecule has 0 saturated carbocycles. The highest BCUT2D eigenvalue weighted by molar-refractivity contribution is 9.10. The minimum atomic E-state index is -0.814. The predicted octanol–water partition coefficient (Wildman–Crippen LogP) is 4.79. The monoisotopic (exact) mass is 478 g/mol. The van der Waals surface area contributed by atoms with Gasteiger partial charge in [0.05, 0.1) is 18.7 Å². The van der Waals surface area contributed by atoms with E-state index in [9.17, 15) is 14.7 Å². The van der Waals surface area contributed by atoms with Crippen LogP contribution < -0.4 is 9.64 Å². The third kappa shape index (κ3) is 3.72. The van der Waals surface area contributed by atoms with Crippen LogP contribution >= 0.6 is 15.9 Å². The Morgan fingerprint density at radius 3 is 2.48 bits per heavy atom. The number of pyridine rings is 1. The minimum absolute atomic E-state index is 0.0138. The number of hydrogen-bond donors (Lipinski definition) is 1. The number of aliphatic hydroxyl groups is 1. The molecular formula is C24H19BrN2O4. The standard InChI is InChI=1S/C24H19BrN2O4/c1-14-5-8-17(12-19(14)25)27-21(16-4-3-11-26-13-16)20(23(29)24(27)30)22(28)15-6-9-18(31-2)10-7-15/h3-13,21,28H,1-2H3. The van der Waals surface area contributed by atoms with Gasteiger partial charge in [-0.05, 0) is 60.5 Å². The highest BCUT2D eigenvalue weighted by atomic mass is 79.9. The van der Waals surface area contributed by atoms with Crippen molar-refractivity contribution in [2.75, 3.05) is 12.0 Å². The first kappa shape index (κ1) is 20.8. The van der Waals surface area contributed by atoms with Crippen LogP contribution in [-0.4, -0.2) is 28.9 Å². The molecule has 2 aromatic carbocycles. The van der Waals surface area contributed by atoms with E-state index in [2.05, 4.69) is 20.9 Å². The molecule has 1 fully saturated rings. The lowest BCUT2D eigenvalue weighted by atomic mass is 9.96. The fourth-order valence-electron chi connectivity index (χ4n) is 3.59. The number of Topliss-reactive ketones (excluding diaryl/α,β-unsaturated/α-hetero) is 1. The molecule has 3 aromatic rings. The lowest BCUT2D eigenvalue weighted by Crippen LogP contribution is -2.29. The summed E-state index contributed by atoms with van der Waals surface area (Å²) >= 11 is 3.49. The zero-order valence-corrected chi connectivity index (χ0v) is 18.5. The summed E-state index contributed by atoms with van der Waals surface area (Å²) in [7, 11) is 1.54. The Labute approximate surface area is 187 Å². The molecule has 7 heteroatoms. The van der Waals surface area contributed by atoms with Crippen LogP contribution in [0.4, 0.5) is 5.69 Å². The minimum Gasteiger partial charge on any atom is -0.507 e. The number of aryl methyl sites for hydroxylation is 1. The lowest BCUT2D eigenvalue weighted by Gasteiger charge is -2.25. The summed E-state index contributed by atoms with van der Waals surface area (Å²) in [4.78, 5) is 31.8. The summed E-state index contributed by atoms with van der Waals surface area (Å²) in [5.74, 6) is -1.09. The Morgan fingerprint density at radius 1 is 1.13 bits per heavy atom. The van der Waals surface area contributed by atoms with Gasteiger partial charge in [-0.2, -0.15) is 0 Å². The molecule has 1 amide bonds. The van der Waals surface area contributed by atoms with Crippen LogP contribution in [0.25, 0.3) is 5.76 Å². The van der Waals surface area contributed by atoms with Gasteiger partial charge in [0.1, 0.15) is 11.5 Å². The Bertz CT molecular complexity index is 1190. The molecule has 1 aromatic heterocycles. The number of benzene rings is 2. The number of methoxy groups -OCH3 is 1. The molecule has 31 heavy (non-hydrogen) atoms. The fourth-order valence-corrected chi connectivity index (χ4v) is 3.95. The topological polar surface area (TPSA) is 79.7 Å². The summed E-state index contributed by atoms with van der Waals surface area (Å²) in [5, 5.41) is 11.1. The number of ketones is 1. The van der Waals surface area contributed by atoms with Crippen molar-refractivity contribution in [1.29, 1.82) is 0 Å². The molecular weight excluding hydrogens is 460 g/mol. The van der Waals surface area contributed by atoms with E-state index in [1.54, 1.807) is 68.0 Å². The van der Waals surface area contributed by atoms with E-state index in [4.69, 9.17) is 4.74 Å². The van der Waals surface area contributed by atoms with E-state index in [-0.39, 0.29) is 11.3 Å². The van der Waals surface area contributed by atoms with Gasteiger partial charge >= 0.3 is 0 Å². The van der Waals surface area contributed by atoms with Crippen LogP contribution in [0.3, 0.4) is 0 Å². The Morgan fingerprint density at radius 2 is 1.87 bits per heavy atom. The van der Waals surface area contributed by atoms with E-state index < -0.39 is 17.7 Å². The van der Waals surface area contributed by atoms with Gasteiger partial charge in [-0.25, -0.2) is 0 Å². The van der Waals surface area contributed by atoms with Crippen molar-refractivity contribution in [2.45, 2.75) is 13.0 Å². The normalized spacial score (nSPS) is 17.8. The number of ether oxygens (including phenoxy) is 1. The summed E-state index contributed by atoms with van der Waals surface area (Å²) in [6.45, 7) is 1.93. The number of halogens is 1. The largest absolute Gasteiger partial charge is 0.507 e. The highest BCUT2D eigenvalue weighted by Gasteiger charge is 2.47. The van der Waals surface area contributed by atoms with Crippen LogP contribution in [0.5, 0.6) is 5.75 Å².